The Kier molecular flexibility index (Phi) is 7.28. The number of esters is 1. The summed E-state index contributed by atoms with van der Waals surface area (Å²) in [6.07, 6.45) is 0.688. The van der Waals surface area contributed by atoms with Gasteiger partial charge in [-0.05, 0) is 49.1 Å². The van der Waals surface area contributed by atoms with Crippen LogP contribution in [-0.4, -0.2) is 44.6 Å². The normalized spacial score (nSPS) is 15.6. The minimum absolute atomic E-state index is 0.0850. The van der Waals surface area contributed by atoms with Crippen molar-refractivity contribution < 1.29 is 23.9 Å². The van der Waals surface area contributed by atoms with Crippen LogP contribution < -0.4 is 15.0 Å². The highest BCUT2D eigenvalue weighted by Crippen LogP contribution is 2.29. The van der Waals surface area contributed by atoms with E-state index in [1.165, 1.54) is 0 Å². The molecule has 7 heteroatoms. The zero-order chi connectivity index (χ0) is 22.4. The first kappa shape index (κ1) is 22.3. The summed E-state index contributed by atoms with van der Waals surface area (Å²) in [5.41, 5.74) is 3.90. The Bertz CT molecular complexity index is 972. The Morgan fingerprint density at radius 2 is 1.90 bits per heavy atom. The standard InChI is InChI=1S/C24H28N2O5/c1-16-7-6-9-20(17(16)2)26-14-19(13-23(26)28)24(29)31-15-22(27)25-12-11-18-8-4-5-10-21(18)30-3/h4-10,19H,11-15H2,1-3H3,(H,25,27)/t19-/m0/s1. The number of aryl methyl sites for hydroxylation is 1. The van der Waals surface area contributed by atoms with E-state index in [-0.39, 0.29) is 31.4 Å². The maximum atomic E-state index is 12.4. The quantitative estimate of drug-likeness (QED) is 0.659. The van der Waals surface area contributed by atoms with E-state index in [0.717, 1.165) is 28.1 Å². The molecule has 31 heavy (non-hydrogen) atoms. The number of methoxy groups -OCH3 is 1. The van der Waals surface area contributed by atoms with Crippen LogP contribution in [0.5, 0.6) is 5.75 Å². The van der Waals surface area contributed by atoms with Crippen LogP contribution in [-0.2, 0) is 25.5 Å². The zero-order valence-corrected chi connectivity index (χ0v) is 18.1. The van der Waals surface area contributed by atoms with Crippen molar-refractivity contribution in [2.75, 3.05) is 31.7 Å². The van der Waals surface area contributed by atoms with Crippen molar-refractivity contribution in [3.63, 3.8) is 0 Å². The van der Waals surface area contributed by atoms with Crippen LogP contribution in [0.1, 0.15) is 23.1 Å². The topological polar surface area (TPSA) is 84.9 Å². The van der Waals surface area contributed by atoms with E-state index in [1.807, 2.05) is 56.3 Å². The monoisotopic (exact) mass is 424 g/mol. The molecule has 1 atom stereocenters. The summed E-state index contributed by atoms with van der Waals surface area (Å²) in [4.78, 5) is 38.5. The molecule has 0 bridgehead atoms. The highest BCUT2D eigenvalue weighted by atomic mass is 16.5. The summed E-state index contributed by atoms with van der Waals surface area (Å²) in [6, 6.07) is 13.3. The Morgan fingerprint density at radius 3 is 2.68 bits per heavy atom. The molecular formula is C24H28N2O5. The van der Waals surface area contributed by atoms with Crippen LogP contribution >= 0.6 is 0 Å². The van der Waals surface area contributed by atoms with Crippen LogP contribution in [0.3, 0.4) is 0 Å². The van der Waals surface area contributed by atoms with E-state index >= 15 is 0 Å². The summed E-state index contributed by atoms with van der Waals surface area (Å²) in [6.45, 7) is 4.24. The molecule has 0 radical (unpaired) electrons. The van der Waals surface area contributed by atoms with Gasteiger partial charge in [0.2, 0.25) is 5.91 Å². The van der Waals surface area contributed by atoms with Crippen molar-refractivity contribution in [1.29, 1.82) is 0 Å². The number of nitrogens with one attached hydrogen (secondary N) is 1. The third kappa shape index (κ3) is 5.42. The number of rotatable bonds is 8. The van der Waals surface area contributed by atoms with Gasteiger partial charge in [-0.1, -0.05) is 30.3 Å². The molecule has 0 unspecified atom stereocenters. The number of ether oxygens (including phenoxy) is 2. The number of amides is 2. The van der Waals surface area contributed by atoms with E-state index in [9.17, 15) is 14.4 Å². The number of anilines is 1. The summed E-state index contributed by atoms with van der Waals surface area (Å²) in [5.74, 6) is -0.826. The molecule has 2 aromatic rings. The second-order valence-electron chi connectivity index (χ2n) is 7.64. The molecule has 164 valence electrons. The van der Waals surface area contributed by atoms with E-state index in [2.05, 4.69) is 5.32 Å². The van der Waals surface area contributed by atoms with Gasteiger partial charge in [-0.25, -0.2) is 0 Å². The van der Waals surface area contributed by atoms with Crippen LogP contribution in [0.15, 0.2) is 42.5 Å². The minimum atomic E-state index is -0.575. The molecule has 1 aliphatic rings. The Balaban J connectivity index is 1.46. The van der Waals surface area contributed by atoms with Gasteiger partial charge in [0.15, 0.2) is 6.61 Å². The van der Waals surface area contributed by atoms with Crippen molar-refractivity contribution in [3.8, 4) is 5.75 Å². The molecule has 0 spiro atoms. The van der Waals surface area contributed by atoms with Gasteiger partial charge in [0.25, 0.3) is 5.91 Å². The fourth-order valence-corrected chi connectivity index (χ4v) is 3.68. The third-order valence-corrected chi connectivity index (χ3v) is 5.58. The van der Waals surface area contributed by atoms with Gasteiger partial charge >= 0.3 is 5.97 Å². The van der Waals surface area contributed by atoms with Gasteiger partial charge in [0.1, 0.15) is 5.75 Å². The molecule has 2 aromatic carbocycles. The van der Waals surface area contributed by atoms with Gasteiger partial charge < -0.3 is 19.7 Å². The minimum Gasteiger partial charge on any atom is -0.496 e. The molecule has 2 amide bonds. The summed E-state index contributed by atoms with van der Waals surface area (Å²) < 4.78 is 10.5. The maximum Gasteiger partial charge on any atom is 0.311 e. The molecule has 1 saturated heterocycles. The molecule has 1 N–H and O–H groups in total. The number of nitrogens with zero attached hydrogens (tertiary/aromatic N) is 1. The first-order valence-corrected chi connectivity index (χ1v) is 10.3. The summed E-state index contributed by atoms with van der Waals surface area (Å²) in [5, 5.41) is 2.74. The summed E-state index contributed by atoms with van der Waals surface area (Å²) in [7, 11) is 1.60. The van der Waals surface area contributed by atoms with Crippen molar-refractivity contribution in [1.82, 2.24) is 5.32 Å². The van der Waals surface area contributed by atoms with E-state index in [4.69, 9.17) is 9.47 Å². The number of para-hydroxylation sites is 1. The number of hydrogen-bond acceptors (Lipinski definition) is 5. The fraction of sp³-hybridized carbons (Fsp3) is 0.375. The van der Waals surface area contributed by atoms with E-state index in [0.29, 0.717) is 13.0 Å². The molecular weight excluding hydrogens is 396 g/mol. The molecule has 0 aromatic heterocycles. The highest BCUT2D eigenvalue weighted by Gasteiger charge is 2.37. The van der Waals surface area contributed by atoms with Gasteiger partial charge in [-0.2, -0.15) is 0 Å². The SMILES string of the molecule is COc1ccccc1CCNC(=O)COC(=O)[C@H]1CC(=O)N(c2cccc(C)c2C)C1. The average Bonchev–Trinajstić information content (AvgIpc) is 3.15. The lowest BCUT2D eigenvalue weighted by Gasteiger charge is -2.20. The van der Waals surface area contributed by atoms with Crippen LogP contribution in [0.25, 0.3) is 0 Å². The molecule has 1 heterocycles. The molecule has 1 aliphatic heterocycles. The maximum absolute atomic E-state index is 12.4. The van der Waals surface area contributed by atoms with Crippen molar-refractivity contribution in [2.24, 2.45) is 5.92 Å². The van der Waals surface area contributed by atoms with Gasteiger partial charge in [-0.15, -0.1) is 0 Å². The molecule has 7 nitrogen and oxygen atoms in total. The largest absolute Gasteiger partial charge is 0.496 e. The van der Waals surface area contributed by atoms with Gasteiger partial charge in [-0.3, -0.25) is 14.4 Å². The third-order valence-electron chi connectivity index (χ3n) is 5.58. The predicted octanol–water partition coefficient (Wildman–Crippen LogP) is 2.57. The zero-order valence-electron chi connectivity index (χ0n) is 18.1. The first-order chi connectivity index (χ1) is 14.9. The van der Waals surface area contributed by atoms with Crippen LogP contribution in [0.2, 0.25) is 0 Å². The predicted molar refractivity (Wildman–Crippen MR) is 117 cm³/mol. The number of benzene rings is 2. The van der Waals surface area contributed by atoms with Crippen molar-refractivity contribution >= 4 is 23.5 Å². The molecule has 3 rings (SSSR count). The lowest BCUT2D eigenvalue weighted by atomic mass is 10.1. The van der Waals surface area contributed by atoms with Crippen molar-refractivity contribution in [3.05, 3.63) is 59.2 Å². The fourth-order valence-electron chi connectivity index (χ4n) is 3.68. The molecule has 1 fully saturated rings. The smallest absolute Gasteiger partial charge is 0.311 e. The van der Waals surface area contributed by atoms with E-state index < -0.39 is 11.9 Å². The first-order valence-electron chi connectivity index (χ1n) is 10.3. The van der Waals surface area contributed by atoms with Gasteiger partial charge in [0, 0.05) is 25.2 Å². The Morgan fingerprint density at radius 1 is 1.13 bits per heavy atom. The van der Waals surface area contributed by atoms with Crippen LogP contribution in [0.4, 0.5) is 5.69 Å². The lowest BCUT2D eigenvalue weighted by Crippen LogP contribution is -2.32. The Hall–Kier alpha value is -3.35. The second kappa shape index (κ2) is 10.1. The molecule has 0 aliphatic carbocycles. The van der Waals surface area contributed by atoms with Crippen molar-refractivity contribution in [2.45, 2.75) is 26.7 Å². The summed E-state index contributed by atoms with van der Waals surface area (Å²) >= 11 is 0. The lowest BCUT2D eigenvalue weighted by molar-refractivity contribution is -0.152. The number of hydrogen-bond donors (Lipinski definition) is 1. The highest BCUT2D eigenvalue weighted by molar-refractivity contribution is 6.00. The van der Waals surface area contributed by atoms with E-state index in [1.54, 1.807) is 12.0 Å². The Labute approximate surface area is 182 Å². The second-order valence-corrected chi connectivity index (χ2v) is 7.64. The average molecular weight is 424 g/mol. The van der Waals surface area contributed by atoms with Crippen LogP contribution in [0, 0.1) is 19.8 Å². The molecule has 0 saturated carbocycles. The number of carbonyl (C=O) groups is 3. The number of carbonyl (C=O) groups excluding carboxylic acids is 3. The van der Waals surface area contributed by atoms with Gasteiger partial charge in [0.05, 0.1) is 13.0 Å².